The summed E-state index contributed by atoms with van der Waals surface area (Å²) in [5.74, 6) is -0.557. The zero-order valence-electron chi connectivity index (χ0n) is 13.9. The van der Waals surface area contributed by atoms with Gasteiger partial charge in [0.25, 0.3) is 0 Å². The molecule has 2 atom stereocenters. The van der Waals surface area contributed by atoms with Crippen molar-refractivity contribution in [2.24, 2.45) is 5.92 Å². The molecule has 25 heavy (non-hydrogen) atoms. The van der Waals surface area contributed by atoms with Crippen molar-refractivity contribution in [2.75, 3.05) is 18.8 Å². The van der Waals surface area contributed by atoms with Crippen LogP contribution in [-0.2, 0) is 24.2 Å². The van der Waals surface area contributed by atoms with Gasteiger partial charge in [0.1, 0.15) is 16.5 Å². The lowest BCUT2D eigenvalue weighted by atomic mass is 9.95. The highest BCUT2D eigenvalue weighted by molar-refractivity contribution is 7.19. The monoisotopic (exact) mass is 362 g/mol. The highest BCUT2D eigenvalue weighted by Gasteiger charge is 2.33. The van der Waals surface area contributed by atoms with Crippen LogP contribution in [0.1, 0.15) is 35.5 Å². The zero-order chi connectivity index (χ0) is 17.6. The average Bonchev–Trinajstić information content (AvgIpc) is 2.95. The Morgan fingerprint density at radius 3 is 2.92 bits per heavy atom. The fourth-order valence-electron chi connectivity index (χ4n) is 3.90. The number of nitrogens with two attached hydrogens (primary N) is 1. The first-order valence-corrected chi connectivity index (χ1v) is 9.54. The fraction of sp³-hybridized carbons (Fsp3) is 0.588. The van der Waals surface area contributed by atoms with Crippen LogP contribution in [0.15, 0.2) is 0 Å². The van der Waals surface area contributed by atoms with Gasteiger partial charge in [-0.15, -0.1) is 11.3 Å². The van der Waals surface area contributed by atoms with E-state index in [0.29, 0.717) is 37.7 Å². The van der Waals surface area contributed by atoms with Gasteiger partial charge in [0.15, 0.2) is 0 Å². The normalized spacial score (nSPS) is 24.4. The minimum atomic E-state index is -0.959. The minimum absolute atomic E-state index is 0.304. The number of aryl methyl sites for hydroxylation is 2. The molecule has 0 aromatic carbocycles. The Morgan fingerprint density at radius 1 is 1.32 bits per heavy atom. The summed E-state index contributed by atoms with van der Waals surface area (Å²) in [6.45, 7) is 1.39. The number of hydrogen-bond donors (Lipinski definition) is 3. The van der Waals surface area contributed by atoms with Gasteiger partial charge in [0, 0.05) is 18.0 Å². The van der Waals surface area contributed by atoms with Crippen LogP contribution in [0.25, 0.3) is 10.2 Å². The molecule has 1 aliphatic heterocycles. The maximum atomic E-state index is 11.3. The largest absolute Gasteiger partial charge is 0.481 e. The second-order valence-corrected chi connectivity index (χ2v) is 8.04. The van der Waals surface area contributed by atoms with Crippen molar-refractivity contribution < 1.29 is 15.0 Å². The van der Waals surface area contributed by atoms with Crippen molar-refractivity contribution in [3.05, 3.63) is 16.3 Å². The number of carboxylic acids is 1. The van der Waals surface area contributed by atoms with Gasteiger partial charge in [-0.1, -0.05) is 0 Å². The van der Waals surface area contributed by atoms with E-state index in [1.165, 1.54) is 23.3 Å². The second kappa shape index (κ2) is 6.51. The fourth-order valence-corrected chi connectivity index (χ4v) is 5.18. The van der Waals surface area contributed by atoms with E-state index in [-0.39, 0.29) is 0 Å². The van der Waals surface area contributed by atoms with Gasteiger partial charge in [-0.05, 0) is 37.7 Å². The molecule has 8 heteroatoms. The summed E-state index contributed by atoms with van der Waals surface area (Å²) in [5.41, 5.74) is 7.55. The lowest BCUT2D eigenvalue weighted by Gasteiger charge is -2.33. The Balaban J connectivity index is 1.59. The molecule has 1 fully saturated rings. The van der Waals surface area contributed by atoms with Crippen LogP contribution in [0.2, 0.25) is 0 Å². The van der Waals surface area contributed by atoms with Crippen LogP contribution in [0, 0.1) is 5.92 Å². The number of rotatable bonds is 3. The number of carboxylic acid groups (broad SMARTS) is 1. The molecular weight excluding hydrogens is 340 g/mol. The molecule has 0 amide bonds. The van der Waals surface area contributed by atoms with E-state index in [0.717, 1.165) is 23.1 Å². The summed E-state index contributed by atoms with van der Waals surface area (Å²) in [6, 6.07) is 0. The molecule has 7 nitrogen and oxygen atoms in total. The summed E-state index contributed by atoms with van der Waals surface area (Å²) in [6.07, 6.45) is 4.20. The van der Waals surface area contributed by atoms with Gasteiger partial charge in [-0.2, -0.15) is 0 Å². The van der Waals surface area contributed by atoms with E-state index in [1.54, 1.807) is 11.3 Å². The third-order valence-electron chi connectivity index (χ3n) is 5.23. The highest BCUT2D eigenvalue weighted by Crippen LogP contribution is 2.37. The van der Waals surface area contributed by atoms with Gasteiger partial charge in [0.2, 0.25) is 0 Å². The van der Waals surface area contributed by atoms with E-state index in [2.05, 4.69) is 4.98 Å². The number of thiophene rings is 1. The molecule has 2 aliphatic rings. The second-order valence-electron chi connectivity index (χ2n) is 6.95. The topological polar surface area (TPSA) is 113 Å². The molecule has 2 aromatic heterocycles. The van der Waals surface area contributed by atoms with Crippen molar-refractivity contribution in [1.29, 1.82) is 0 Å². The number of aromatic nitrogens is 2. The van der Waals surface area contributed by atoms with Gasteiger partial charge in [0.05, 0.1) is 24.0 Å². The van der Waals surface area contributed by atoms with Gasteiger partial charge in [-0.25, -0.2) is 9.97 Å². The number of piperidine rings is 1. The van der Waals surface area contributed by atoms with E-state index >= 15 is 0 Å². The predicted molar refractivity (Wildman–Crippen MR) is 95.5 cm³/mol. The van der Waals surface area contributed by atoms with Crippen molar-refractivity contribution in [3.63, 3.8) is 0 Å². The SMILES string of the molecule is Nc1nc(CN2CCC(O)C(C(=O)O)C2)nc2sc3c(c12)CCCC3. The van der Waals surface area contributed by atoms with E-state index in [4.69, 9.17) is 10.7 Å². The Labute approximate surface area is 149 Å². The molecular formula is C17H22N4O3S. The summed E-state index contributed by atoms with van der Waals surface area (Å²) in [7, 11) is 0. The third kappa shape index (κ3) is 3.09. The van der Waals surface area contributed by atoms with Crippen LogP contribution >= 0.6 is 11.3 Å². The first-order chi connectivity index (χ1) is 12.0. The molecule has 0 bridgehead atoms. The Kier molecular flexibility index (Phi) is 4.35. The molecule has 0 saturated carbocycles. The lowest BCUT2D eigenvalue weighted by molar-refractivity contribution is -0.149. The number of nitrogens with zero attached hydrogens (tertiary/aromatic N) is 3. The molecule has 3 heterocycles. The van der Waals surface area contributed by atoms with Gasteiger partial charge < -0.3 is 15.9 Å². The van der Waals surface area contributed by atoms with Crippen molar-refractivity contribution in [1.82, 2.24) is 14.9 Å². The molecule has 1 saturated heterocycles. The van der Waals surface area contributed by atoms with Crippen LogP contribution in [0.3, 0.4) is 0 Å². The number of hydrogen-bond acceptors (Lipinski definition) is 7. The van der Waals surface area contributed by atoms with Crippen molar-refractivity contribution in [2.45, 2.75) is 44.8 Å². The van der Waals surface area contributed by atoms with E-state index in [9.17, 15) is 15.0 Å². The number of aliphatic hydroxyl groups excluding tert-OH is 1. The van der Waals surface area contributed by atoms with Gasteiger partial charge in [-0.3, -0.25) is 9.69 Å². The number of anilines is 1. The number of likely N-dealkylation sites (tertiary alicyclic amines) is 1. The van der Waals surface area contributed by atoms with Crippen LogP contribution in [-0.4, -0.2) is 50.2 Å². The number of aliphatic hydroxyl groups is 1. The first kappa shape index (κ1) is 16.7. The highest BCUT2D eigenvalue weighted by atomic mass is 32.1. The Bertz CT molecular complexity index is 822. The molecule has 134 valence electrons. The van der Waals surface area contributed by atoms with Crippen LogP contribution in [0.5, 0.6) is 0 Å². The number of nitrogen functional groups attached to an aromatic ring is 1. The molecule has 0 spiro atoms. The van der Waals surface area contributed by atoms with E-state index in [1.807, 2.05) is 4.90 Å². The number of carbonyl (C=O) groups is 1. The lowest BCUT2D eigenvalue weighted by Crippen LogP contribution is -2.46. The summed E-state index contributed by atoms with van der Waals surface area (Å²) in [4.78, 5) is 24.8. The van der Waals surface area contributed by atoms with E-state index < -0.39 is 18.0 Å². The molecule has 1 aliphatic carbocycles. The number of fused-ring (bicyclic) bond motifs is 3. The van der Waals surface area contributed by atoms with Crippen LogP contribution < -0.4 is 5.73 Å². The maximum absolute atomic E-state index is 11.3. The Hall–Kier alpha value is -1.77. The van der Waals surface area contributed by atoms with Gasteiger partial charge >= 0.3 is 5.97 Å². The van der Waals surface area contributed by atoms with Crippen LogP contribution in [0.4, 0.5) is 5.82 Å². The molecule has 2 unspecified atom stereocenters. The average molecular weight is 362 g/mol. The summed E-state index contributed by atoms with van der Waals surface area (Å²) >= 11 is 1.71. The molecule has 0 radical (unpaired) electrons. The third-order valence-corrected chi connectivity index (χ3v) is 6.42. The summed E-state index contributed by atoms with van der Waals surface area (Å²) in [5, 5.41) is 20.1. The first-order valence-electron chi connectivity index (χ1n) is 8.73. The van der Waals surface area contributed by atoms with Crippen molar-refractivity contribution >= 4 is 33.3 Å². The quantitative estimate of drug-likeness (QED) is 0.757. The Morgan fingerprint density at radius 2 is 2.12 bits per heavy atom. The molecule has 4 rings (SSSR count). The van der Waals surface area contributed by atoms with Crippen molar-refractivity contribution in [3.8, 4) is 0 Å². The standard InChI is InChI=1S/C17H22N4O3S/c18-15-14-9-3-1-2-4-12(9)25-16(14)20-13(19-15)8-21-6-5-11(22)10(7-21)17(23)24/h10-11,22H,1-8H2,(H,23,24)(H2,18,19,20). The molecule has 4 N–H and O–H groups in total. The minimum Gasteiger partial charge on any atom is -0.481 e. The smallest absolute Gasteiger partial charge is 0.310 e. The maximum Gasteiger partial charge on any atom is 0.310 e. The predicted octanol–water partition coefficient (Wildman–Crippen LogP) is 1.42. The summed E-state index contributed by atoms with van der Waals surface area (Å²) < 4.78 is 0. The number of aliphatic carboxylic acids is 1. The molecule has 2 aromatic rings. The zero-order valence-corrected chi connectivity index (χ0v) is 14.8.